The van der Waals surface area contributed by atoms with Crippen LogP contribution in [0, 0.1) is 0 Å². The summed E-state index contributed by atoms with van der Waals surface area (Å²) in [4.78, 5) is 43.2. The maximum Gasteiger partial charge on any atom is 0.265 e. The molecule has 30 heavy (non-hydrogen) atoms. The van der Waals surface area contributed by atoms with Gasteiger partial charge in [0.05, 0.1) is 16.3 Å². The van der Waals surface area contributed by atoms with E-state index < -0.39 is 5.91 Å². The first kappa shape index (κ1) is 20.1. The molecule has 7 nitrogen and oxygen atoms in total. The van der Waals surface area contributed by atoms with Crippen molar-refractivity contribution in [3.8, 4) is 17.0 Å². The van der Waals surface area contributed by atoms with Gasteiger partial charge in [0.15, 0.2) is 17.5 Å². The standard InChI is InChI=1S/C21H16ClN3O4S/c1-12(26)20-19(13-5-3-2-4-6-13)24-21(30-20)23-17(27)10-25-15-9-14(22)7-8-16(15)29-11-18(25)28/h2-9H,10-11H2,1H3,(H,23,24,27). The highest BCUT2D eigenvalue weighted by Crippen LogP contribution is 2.35. The van der Waals surface area contributed by atoms with Crippen LogP contribution in [0.1, 0.15) is 16.6 Å². The van der Waals surface area contributed by atoms with E-state index >= 15 is 0 Å². The van der Waals surface area contributed by atoms with Gasteiger partial charge in [-0.2, -0.15) is 0 Å². The number of anilines is 2. The first-order valence-electron chi connectivity index (χ1n) is 9.02. The molecule has 0 saturated carbocycles. The molecule has 1 N–H and O–H groups in total. The van der Waals surface area contributed by atoms with Crippen molar-refractivity contribution in [3.05, 3.63) is 58.4 Å². The molecule has 3 aromatic rings. The van der Waals surface area contributed by atoms with E-state index in [1.54, 1.807) is 18.2 Å². The number of aromatic nitrogens is 1. The van der Waals surface area contributed by atoms with Gasteiger partial charge in [0.1, 0.15) is 12.3 Å². The first-order valence-corrected chi connectivity index (χ1v) is 10.2. The number of amides is 2. The van der Waals surface area contributed by atoms with Crippen molar-refractivity contribution in [1.82, 2.24) is 4.98 Å². The van der Waals surface area contributed by atoms with Crippen molar-refractivity contribution in [3.63, 3.8) is 0 Å². The number of carbonyl (C=O) groups excluding carboxylic acids is 3. The SMILES string of the molecule is CC(=O)c1sc(NC(=O)CN2C(=O)COc3ccc(Cl)cc32)nc1-c1ccccc1. The summed E-state index contributed by atoms with van der Waals surface area (Å²) in [5, 5.41) is 3.40. The lowest BCUT2D eigenvalue weighted by molar-refractivity contribution is -0.123. The Bertz CT molecular complexity index is 1150. The molecule has 0 aliphatic carbocycles. The Morgan fingerprint density at radius 1 is 1.23 bits per heavy atom. The third-order valence-corrected chi connectivity index (χ3v) is 5.71. The van der Waals surface area contributed by atoms with Crippen LogP contribution in [0.25, 0.3) is 11.3 Å². The van der Waals surface area contributed by atoms with Crippen LogP contribution in [0.3, 0.4) is 0 Å². The number of ketones is 1. The van der Waals surface area contributed by atoms with E-state index in [-0.39, 0.29) is 30.0 Å². The Kier molecular flexibility index (Phi) is 5.52. The fourth-order valence-electron chi connectivity index (χ4n) is 3.05. The van der Waals surface area contributed by atoms with Gasteiger partial charge in [-0.05, 0) is 18.2 Å². The summed E-state index contributed by atoms with van der Waals surface area (Å²) in [6.07, 6.45) is 0. The monoisotopic (exact) mass is 441 g/mol. The van der Waals surface area contributed by atoms with Crippen LogP contribution in [0.5, 0.6) is 5.75 Å². The number of ether oxygens (including phenoxy) is 1. The number of hydrogen-bond acceptors (Lipinski definition) is 6. The molecule has 2 heterocycles. The molecular weight excluding hydrogens is 426 g/mol. The molecule has 0 atom stereocenters. The number of thiazole rings is 1. The van der Waals surface area contributed by atoms with Crippen LogP contribution in [0.2, 0.25) is 5.02 Å². The largest absolute Gasteiger partial charge is 0.482 e. The van der Waals surface area contributed by atoms with Crippen LogP contribution in [0.4, 0.5) is 10.8 Å². The van der Waals surface area contributed by atoms with E-state index in [0.29, 0.717) is 27.0 Å². The average molecular weight is 442 g/mol. The molecule has 152 valence electrons. The van der Waals surface area contributed by atoms with Crippen LogP contribution in [-0.4, -0.2) is 35.7 Å². The Labute approximate surface area is 181 Å². The van der Waals surface area contributed by atoms with Crippen molar-refractivity contribution in [1.29, 1.82) is 0 Å². The second-order valence-corrected chi connectivity index (χ2v) is 7.98. The Morgan fingerprint density at radius 2 is 2.00 bits per heavy atom. The van der Waals surface area contributed by atoms with Gasteiger partial charge in [0, 0.05) is 17.5 Å². The lowest BCUT2D eigenvalue weighted by Crippen LogP contribution is -2.43. The fourth-order valence-corrected chi connectivity index (χ4v) is 4.12. The Morgan fingerprint density at radius 3 is 2.73 bits per heavy atom. The number of nitrogens with one attached hydrogen (secondary N) is 1. The molecule has 0 saturated heterocycles. The van der Waals surface area contributed by atoms with E-state index in [4.69, 9.17) is 16.3 Å². The molecule has 1 aromatic heterocycles. The summed E-state index contributed by atoms with van der Waals surface area (Å²) in [5.74, 6) is -0.460. The summed E-state index contributed by atoms with van der Waals surface area (Å²) in [7, 11) is 0. The third-order valence-electron chi connectivity index (χ3n) is 4.41. The zero-order valence-electron chi connectivity index (χ0n) is 15.8. The van der Waals surface area contributed by atoms with Gasteiger partial charge in [0.2, 0.25) is 5.91 Å². The van der Waals surface area contributed by atoms with Crippen LogP contribution < -0.4 is 15.0 Å². The molecule has 0 unspecified atom stereocenters. The number of halogens is 1. The lowest BCUT2D eigenvalue weighted by atomic mass is 10.1. The number of hydrogen-bond donors (Lipinski definition) is 1. The molecule has 1 aliphatic rings. The number of nitrogens with zero attached hydrogens (tertiary/aromatic N) is 2. The summed E-state index contributed by atoms with van der Waals surface area (Å²) < 4.78 is 5.39. The van der Waals surface area contributed by atoms with Crippen LogP contribution in [-0.2, 0) is 9.59 Å². The highest BCUT2D eigenvalue weighted by atomic mass is 35.5. The van der Waals surface area contributed by atoms with Crippen molar-refractivity contribution < 1.29 is 19.1 Å². The van der Waals surface area contributed by atoms with Crippen molar-refractivity contribution >= 4 is 51.4 Å². The molecule has 1 aliphatic heterocycles. The zero-order chi connectivity index (χ0) is 21.3. The topological polar surface area (TPSA) is 88.6 Å². The van der Waals surface area contributed by atoms with Gasteiger partial charge in [-0.15, -0.1) is 0 Å². The van der Waals surface area contributed by atoms with Gasteiger partial charge in [0.25, 0.3) is 5.91 Å². The highest BCUT2D eigenvalue weighted by molar-refractivity contribution is 7.18. The summed E-state index contributed by atoms with van der Waals surface area (Å²) in [5.41, 5.74) is 1.73. The number of Topliss-reactive ketones (excluding diaryl/α,β-unsaturated/α-hetero) is 1. The second-order valence-electron chi connectivity index (χ2n) is 6.55. The van der Waals surface area contributed by atoms with E-state index in [0.717, 1.165) is 16.9 Å². The smallest absolute Gasteiger partial charge is 0.265 e. The average Bonchev–Trinajstić information content (AvgIpc) is 3.15. The minimum absolute atomic E-state index is 0.140. The molecule has 0 fully saturated rings. The molecule has 2 aromatic carbocycles. The summed E-state index contributed by atoms with van der Waals surface area (Å²) in [6.45, 7) is 1.07. The van der Waals surface area contributed by atoms with Crippen molar-refractivity contribution in [2.75, 3.05) is 23.4 Å². The van der Waals surface area contributed by atoms with Crippen LogP contribution >= 0.6 is 22.9 Å². The molecular formula is C21H16ClN3O4S. The minimum atomic E-state index is -0.445. The first-order chi connectivity index (χ1) is 14.4. The predicted octanol–water partition coefficient (Wildman–Crippen LogP) is 4.03. The maximum absolute atomic E-state index is 12.7. The highest BCUT2D eigenvalue weighted by Gasteiger charge is 2.28. The number of fused-ring (bicyclic) bond motifs is 1. The zero-order valence-corrected chi connectivity index (χ0v) is 17.4. The molecule has 0 radical (unpaired) electrons. The summed E-state index contributed by atoms with van der Waals surface area (Å²) in [6, 6.07) is 14.1. The molecule has 2 amide bonds. The van der Waals surface area contributed by atoms with Gasteiger partial charge in [-0.3, -0.25) is 19.3 Å². The van der Waals surface area contributed by atoms with E-state index in [1.807, 2.05) is 30.3 Å². The molecule has 4 rings (SSSR count). The number of benzene rings is 2. The minimum Gasteiger partial charge on any atom is -0.482 e. The molecule has 0 spiro atoms. The van der Waals surface area contributed by atoms with Gasteiger partial charge >= 0.3 is 0 Å². The van der Waals surface area contributed by atoms with Crippen molar-refractivity contribution in [2.45, 2.75) is 6.92 Å². The normalized spacial score (nSPS) is 12.9. The third kappa shape index (κ3) is 4.05. The van der Waals surface area contributed by atoms with Crippen LogP contribution in [0.15, 0.2) is 48.5 Å². The van der Waals surface area contributed by atoms with E-state index in [1.165, 1.54) is 11.8 Å². The Hall–Kier alpha value is -3.23. The number of rotatable bonds is 5. The number of carbonyl (C=O) groups is 3. The lowest BCUT2D eigenvalue weighted by Gasteiger charge is -2.28. The van der Waals surface area contributed by atoms with E-state index in [9.17, 15) is 14.4 Å². The Balaban J connectivity index is 1.56. The second kappa shape index (κ2) is 8.25. The van der Waals surface area contributed by atoms with Gasteiger partial charge in [-0.25, -0.2) is 4.98 Å². The predicted molar refractivity (Wildman–Crippen MR) is 115 cm³/mol. The quantitative estimate of drug-likeness (QED) is 0.604. The molecule has 0 bridgehead atoms. The van der Waals surface area contributed by atoms with Gasteiger partial charge < -0.3 is 10.1 Å². The van der Waals surface area contributed by atoms with Gasteiger partial charge in [-0.1, -0.05) is 53.3 Å². The van der Waals surface area contributed by atoms with Crippen molar-refractivity contribution in [2.24, 2.45) is 0 Å². The summed E-state index contributed by atoms with van der Waals surface area (Å²) >= 11 is 7.13. The molecule has 9 heteroatoms. The van der Waals surface area contributed by atoms with E-state index in [2.05, 4.69) is 10.3 Å². The fraction of sp³-hybridized carbons (Fsp3) is 0.143. The maximum atomic E-state index is 12.7.